The molecule has 0 aliphatic rings. The number of rotatable bonds is 1. The minimum absolute atomic E-state index is 0.0243. The number of thiol groups is 1. The van der Waals surface area contributed by atoms with Crippen molar-refractivity contribution < 1.29 is 4.92 Å². The number of nitro groups is 1. The summed E-state index contributed by atoms with van der Waals surface area (Å²) in [5.41, 5.74) is 0.964. The largest absolute Gasteiger partial charge is 0.344 e. The van der Waals surface area contributed by atoms with Crippen molar-refractivity contribution in [2.24, 2.45) is 0 Å². The summed E-state index contributed by atoms with van der Waals surface area (Å²) in [6, 6.07) is 3.07. The van der Waals surface area contributed by atoms with Gasteiger partial charge in [-0.25, -0.2) is 4.98 Å². The van der Waals surface area contributed by atoms with Gasteiger partial charge in [0.15, 0.2) is 5.52 Å². The Morgan fingerprint density at radius 1 is 1.54 bits per heavy atom. The number of aromatic nitrogens is 2. The van der Waals surface area contributed by atoms with Crippen LogP contribution in [0, 0.1) is 10.1 Å². The molecule has 1 heterocycles. The van der Waals surface area contributed by atoms with E-state index in [1.54, 1.807) is 6.07 Å². The standard InChI is InChI=1S/C7H5N3O2S/c11-10(12)6-2-4(13)1-5-7(6)9-3-8-5/h1-3,13H,(H,8,9). The van der Waals surface area contributed by atoms with E-state index in [4.69, 9.17) is 0 Å². The lowest BCUT2D eigenvalue weighted by atomic mass is 10.3. The Labute approximate surface area is 78.3 Å². The summed E-state index contributed by atoms with van der Waals surface area (Å²) >= 11 is 4.05. The third-order valence-corrected chi connectivity index (χ3v) is 1.94. The summed E-state index contributed by atoms with van der Waals surface area (Å²) in [5.74, 6) is 0. The first-order valence-electron chi connectivity index (χ1n) is 3.49. The van der Waals surface area contributed by atoms with Crippen LogP contribution in [0.15, 0.2) is 23.4 Å². The molecule has 2 aromatic rings. The second-order valence-electron chi connectivity index (χ2n) is 2.52. The van der Waals surface area contributed by atoms with Crippen molar-refractivity contribution in [1.82, 2.24) is 9.97 Å². The lowest BCUT2D eigenvalue weighted by molar-refractivity contribution is -0.383. The van der Waals surface area contributed by atoms with Gasteiger partial charge in [-0.3, -0.25) is 10.1 Å². The van der Waals surface area contributed by atoms with Crippen LogP contribution in [0.2, 0.25) is 0 Å². The third kappa shape index (κ3) is 1.25. The molecule has 6 heteroatoms. The monoisotopic (exact) mass is 195 g/mol. The van der Waals surface area contributed by atoms with E-state index in [1.165, 1.54) is 12.4 Å². The molecule has 0 atom stereocenters. The van der Waals surface area contributed by atoms with Gasteiger partial charge >= 0.3 is 0 Å². The Balaban J connectivity index is 2.84. The highest BCUT2D eigenvalue weighted by Crippen LogP contribution is 2.25. The fourth-order valence-corrected chi connectivity index (χ4v) is 1.41. The van der Waals surface area contributed by atoms with Crippen molar-refractivity contribution in [3.05, 3.63) is 28.6 Å². The van der Waals surface area contributed by atoms with E-state index in [9.17, 15) is 10.1 Å². The molecule has 0 saturated heterocycles. The van der Waals surface area contributed by atoms with Crippen molar-refractivity contribution in [2.75, 3.05) is 0 Å². The Morgan fingerprint density at radius 3 is 3.00 bits per heavy atom. The summed E-state index contributed by atoms with van der Waals surface area (Å²) in [6.07, 6.45) is 1.42. The van der Waals surface area contributed by atoms with Crippen LogP contribution in [0.5, 0.6) is 0 Å². The zero-order valence-electron chi connectivity index (χ0n) is 6.39. The number of hydrogen-bond acceptors (Lipinski definition) is 4. The van der Waals surface area contributed by atoms with Gasteiger partial charge in [-0.15, -0.1) is 12.6 Å². The van der Waals surface area contributed by atoms with Gasteiger partial charge < -0.3 is 4.98 Å². The normalized spacial score (nSPS) is 10.5. The molecule has 66 valence electrons. The maximum absolute atomic E-state index is 10.6. The number of imidazole rings is 1. The molecule has 1 aromatic carbocycles. The zero-order valence-corrected chi connectivity index (χ0v) is 7.28. The van der Waals surface area contributed by atoms with Crippen molar-refractivity contribution >= 4 is 29.3 Å². The van der Waals surface area contributed by atoms with Gasteiger partial charge in [0.05, 0.1) is 16.8 Å². The van der Waals surface area contributed by atoms with Gasteiger partial charge in [-0.1, -0.05) is 0 Å². The van der Waals surface area contributed by atoms with Crippen LogP contribution < -0.4 is 0 Å². The molecule has 0 fully saturated rings. The van der Waals surface area contributed by atoms with E-state index in [-0.39, 0.29) is 5.69 Å². The molecule has 0 unspecified atom stereocenters. The average Bonchev–Trinajstić information content (AvgIpc) is 2.49. The Morgan fingerprint density at radius 2 is 2.31 bits per heavy atom. The molecular formula is C7H5N3O2S. The lowest BCUT2D eigenvalue weighted by Gasteiger charge is -1.94. The van der Waals surface area contributed by atoms with Crippen LogP contribution in [0.4, 0.5) is 5.69 Å². The van der Waals surface area contributed by atoms with E-state index in [1.807, 2.05) is 0 Å². The number of hydrogen-bond donors (Lipinski definition) is 2. The van der Waals surface area contributed by atoms with Crippen LogP contribution in [0.1, 0.15) is 0 Å². The predicted molar refractivity (Wildman–Crippen MR) is 50.0 cm³/mol. The molecule has 0 aliphatic heterocycles. The van der Waals surface area contributed by atoms with Gasteiger partial charge in [0.2, 0.25) is 0 Å². The molecule has 2 rings (SSSR count). The number of fused-ring (bicyclic) bond motifs is 1. The number of nitro benzene ring substituents is 1. The fraction of sp³-hybridized carbons (Fsp3) is 0. The maximum Gasteiger partial charge on any atom is 0.298 e. The number of nitrogens with one attached hydrogen (secondary N) is 1. The van der Waals surface area contributed by atoms with Gasteiger partial charge in [0.1, 0.15) is 0 Å². The average molecular weight is 195 g/mol. The van der Waals surface area contributed by atoms with Gasteiger partial charge in [0, 0.05) is 11.0 Å². The number of aromatic amines is 1. The van der Waals surface area contributed by atoms with Crippen molar-refractivity contribution in [3.63, 3.8) is 0 Å². The Bertz CT molecular complexity index is 480. The van der Waals surface area contributed by atoms with Crippen molar-refractivity contribution in [3.8, 4) is 0 Å². The van der Waals surface area contributed by atoms with Crippen molar-refractivity contribution in [1.29, 1.82) is 0 Å². The van der Waals surface area contributed by atoms with E-state index in [0.717, 1.165) is 0 Å². The molecule has 0 aliphatic carbocycles. The van der Waals surface area contributed by atoms with Gasteiger partial charge in [-0.2, -0.15) is 0 Å². The molecule has 5 nitrogen and oxygen atoms in total. The van der Waals surface area contributed by atoms with Crippen molar-refractivity contribution in [2.45, 2.75) is 4.90 Å². The van der Waals surface area contributed by atoms with Crippen LogP contribution in [-0.4, -0.2) is 14.9 Å². The quantitative estimate of drug-likeness (QED) is 0.413. The highest BCUT2D eigenvalue weighted by atomic mass is 32.1. The number of H-pyrrole nitrogens is 1. The second kappa shape index (κ2) is 2.74. The number of nitrogens with zero attached hydrogens (tertiary/aromatic N) is 2. The first-order chi connectivity index (χ1) is 6.18. The highest BCUT2D eigenvalue weighted by molar-refractivity contribution is 7.80. The maximum atomic E-state index is 10.6. The van der Waals surface area contributed by atoms with E-state index < -0.39 is 4.92 Å². The zero-order chi connectivity index (χ0) is 9.42. The van der Waals surface area contributed by atoms with E-state index in [0.29, 0.717) is 15.9 Å². The summed E-state index contributed by atoms with van der Waals surface area (Å²) in [7, 11) is 0. The molecule has 0 bridgehead atoms. The topological polar surface area (TPSA) is 71.8 Å². The van der Waals surface area contributed by atoms with Gasteiger partial charge in [-0.05, 0) is 6.07 Å². The molecule has 13 heavy (non-hydrogen) atoms. The van der Waals surface area contributed by atoms with Crippen LogP contribution in [-0.2, 0) is 0 Å². The first kappa shape index (κ1) is 8.06. The van der Waals surface area contributed by atoms with Crippen LogP contribution in [0.3, 0.4) is 0 Å². The third-order valence-electron chi connectivity index (χ3n) is 1.68. The fourth-order valence-electron chi connectivity index (χ4n) is 1.16. The summed E-state index contributed by atoms with van der Waals surface area (Å²) in [6.45, 7) is 0. The lowest BCUT2D eigenvalue weighted by Crippen LogP contribution is -1.89. The van der Waals surface area contributed by atoms with E-state index in [2.05, 4.69) is 22.6 Å². The van der Waals surface area contributed by atoms with Crippen LogP contribution in [0.25, 0.3) is 11.0 Å². The Hall–Kier alpha value is -1.56. The first-order valence-corrected chi connectivity index (χ1v) is 3.93. The molecule has 0 radical (unpaired) electrons. The minimum atomic E-state index is -0.469. The minimum Gasteiger partial charge on any atom is -0.344 e. The summed E-state index contributed by atoms with van der Waals surface area (Å²) in [5, 5.41) is 10.6. The molecule has 1 N–H and O–H groups in total. The smallest absolute Gasteiger partial charge is 0.298 e. The highest BCUT2D eigenvalue weighted by Gasteiger charge is 2.14. The molecular weight excluding hydrogens is 190 g/mol. The second-order valence-corrected chi connectivity index (χ2v) is 3.04. The molecule has 1 aromatic heterocycles. The molecule has 0 saturated carbocycles. The Kier molecular flexibility index (Phi) is 1.70. The number of benzene rings is 1. The molecule has 0 spiro atoms. The predicted octanol–water partition coefficient (Wildman–Crippen LogP) is 1.76. The summed E-state index contributed by atoms with van der Waals surface area (Å²) < 4.78 is 0. The van der Waals surface area contributed by atoms with E-state index >= 15 is 0 Å². The summed E-state index contributed by atoms with van der Waals surface area (Å²) in [4.78, 5) is 17.3. The molecule has 0 amide bonds. The number of non-ortho nitro benzene ring substituents is 1. The van der Waals surface area contributed by atoms with Gasteiger partial charge in [0.25, 0.3) is 5.69 Å². The van der Waals surface area contributed by atoms with Crippen LogP contribution >= 0.6 is 12.6 Å². The SMILES string of the molecule is O=[N+]([O-])c1cc(S)cc2[nH]cnc12.